The fraction of sp³-hybridized carbons (Fsp3) is 0.667. The second-order valence-electron chi connectivity index (χ2n) is 2.49. The summed E-state index contributed by atoms with van der Waals surface area (Å²) in [6, 6.07) is 0. The Morgan fingerprint density at radius 2 is 2.20 bits per heavy atom. The number of unbranched alkanes of at least 4 members (excludes halogenated alkanes) is 2. The summed E-state index contributed by atoms with van der Waals surface area (Å²) < 4.78 is 0. The van der Waals surface area contributed by atoms with Crippen molar-refractivity contribution in [2.45, 2.75) is 32.6 Å². The van der Waals surface area contributed by atoms with Crippen LogP contribution in [0, 0.1) is 0 Å². The number of hydrogen-bond acceptors (Lipinski definition) is 1. The van der Waals surface area contributed by atoms with E-state index in [1.807, 2.05) is 13.1 Å². The summed E-state index contributed by atoms with van der Waals surface area (Å²) in [5.74, 6) is 0. The molecule has 0 N–H and O–H groups in total. The van der Waals surface area contributed by atoms with Crippen LogP contribution >= 0.6 is 0 Å². The Balaban J connectivity index is 3.11. The quantitative estimate of drug-likeness (QED) is 0.315. The Hall–Kier alpha value is -0.590. The lowest BCUT2D eigenvalue weighted by Crippen LogP contribution is -1.89. The van der Waals surface area contributed by atoms with Crippen molar-refractivity contribution < 1.29 is 0 Å². The van der Waals surface area contributed by atoms with Crippen molar-refractivity contribution in [1.29, 1.82) is 0 Å². The molecule has 0 saturated carbocycles. The first-order valence-corrected chi connectivity index (χ1v) is 3.84. The number of hydrogen-bond donors (Lipinski definition) is 0. The van der Waals surface area contributed by atoms with Crippen molar-refractivity contribution in [3.8, 4) is 0 Å². The van der Waals surface area contributed by atoms with Crippen molar-refractivity contribution in [3.63, 3.8) is 0 Å². The van der Waals surface area contributed by atoms with Crippen LogP contribution in [0.4, 0.5) is 0 Å². The summed E-state index contributed by atoms with van der Waals surface area (Å²) >= 11 is 0. The van der Waals surface area contributed by atoms with Crippen molar-refractivity contribution >= 4 is 5.71 Å². The van der Waals surface area contributed by atoms with Crippen LogP contribution in [0.2, 0.25) is 0 Å². The summed E-state index contributed by atoms with van der Waals surface area (Å²) in [7, 11) is 1.85. The molecule has 1 nitrogen and oxygen atoms in total. The van der Waals surface area contributed by atoms with E-state index in [2.05, 4.69) is 18.5 Å². The van der Waals surface area contributed by atoms with E-state index in [0.717, 1.165) is 12.8 Å². The first-order valence-electron chi connectivity index (χ1n) is 3.84. The minimum Gasteiger partial charge on any atom is -0.298 e. The molecule has 0 saturated heterocycles. The van der Waals surface area contributed by atoms with Gasteiger partial charge in [0.1, 0.15) is 0 Å². The van der Waals surface area contributed by atoms with E-state index in [9.17, 15) is 0 Å². The number of allylic oxidation sites excluding steroid dienone is 1. The molecule has 1 heteroatoms. The van der Waals surface area contributed by atoms with Gasteiger partial charge >= 0.3 is 0 Å². The molecule has 0 bridgehead atoms. The second kappa shape index (κ2) is 6.53. The highest BCUT2D eigenvalue weighted by Crippen LogP contribution is 2.00. The molecular formula is C9H17N. The minimum atomic E-state index is 1.14. The standard InChI is InChI=1S/C9H17N/c1-4-5-6-7-8-9(2)10-3/h4H,1,5-8H2,2-3H3. The van der Waals surface area contributed by atoms with Gasteiger partial charge in [0.25, 0.3) is 0 Å². The van der Waals surface area contributed by atoms with Crippen LogP contribution < -0.4 is 0 Å². The Bertz CT molecular complexity index is 114. The zero-order valence-electron chi connectivity index (χ0n) is 7.06. The Morgan fingerprint density at radius 3 is 2.70 bits per heavy atom. The normalized spacial score (nSPS) is 11.6. The molecule has 0 aromatic rings. The number of nitrogens with zero attached hydrogens (tertiary/aromatic N) is 1. The van der Waals surface area contributed by atoms with Crippen LogP contribution in [-0.4, -0.2) is 12.8 Å². The van der Waals surface area contributed by atoms with E-state index in [-0.39, 0.29) is 0 Å². The molecule has 0 heterocycles. The highest BCUT2D eigenvalue weighted by molar-refractivity contribution is 5.81. The maximum Gasteiger partial charge on any atom is 0.0276 e. The Kier molecular flexibility index (Phi) is 6.14. The lowest BCUT2D eigenvalue weighted by Gasteiger charge is -1.96. The van der Waals surface area contributed by atoms with Crippen LogP contribution in [0.25, 0.3) is 0 Å². The average Bonchev–Trinajstić information content (AvgIpc) is 1.98. The highest BCUT2D eigenvalue weighted by Gasteiger charge is 1.88. The fourth-order valence-electron chi connectivity index (χ4n) is 0.781. The molecule has 0 aliphatic carbocycles. The van der Waals surface area contributed by atoms with E-state index < -0.39 is 0 Å². The molecule has 0 aromatic carbocycles. The number of aliphatic imine (C=N–C) groups is 1. The predicted octanol–water partition coefficient (Wildman–Crippen LogP) is 2.82. The van der Waals surface area contributed by atoms with Gasteiger partial charge in [-0.05, 0) is 32.6 Å². The molecule has 0 spiro atoms. The molecule has 0 aliphatic heterocycles. The third-order valence-corrected chi connectivity index (χ3v) is 1.58. The van der Waals surface area contributed by atoms with Crippen LogP contribution in [0.3, 0.4) is 0 Å². The van der Waals surface area contributed by atoms with Crippen molar-refractivity contribution in [2.75, 3.05) is 7.05 Å². The average molecular weight is 139 g/mol. The monoisotopic (exact) mass is 139 g/mol. The van der Waals surface area contributed by atoms with E-state index in [1.165, 1.54) is 18.6 Å². The zero-order valence-corrected chi connectivity index (χ0v) is 7.06. The largest absolute Gasteiger partial charge is 0.298 e. The topological polar surface area (TPSA) is 12.4 Å². The molecular weight excluding hydrogens is 122 g/mol. The first-order chi connectivity index (χ1) is 4.81. The van der Waals surface area contributed by atoms with Gasteiger partial charge in [-0.25, -0.2) is 0 Å². The lowest BCUT2D eigenvalue weighted by molar-refractivity contribution is 0.776. The van der Waals surface area contributed by atoms with E-state index in [0.29, 0.717) is 0 Å². The molecule has 10 heavy (non-hydrogen) atoms. The summed E-state index contributed by atoms with van der Waals surface area (Å²) in [5, 5.41) is 0. The van der Waals surface area contributed by atoms with Crippen molar-refractivity contribution in [3.05, 3.63) is 12.7 Å². The molecule has 0 amide bonds. The van der Waals surface area contributed by atoms with E-state index >= 15 is 0 Å². The summed E-state index contributed by atoms with van der Waals surface area (Å²) in [6.07, 6.45) is 6.74. The van der Waals surface area contributed by atoms with Crippen LogP contribution in [0.5, 0.6) is 0 Å². The molecule has 0 atom stereocenters. The van der Waals surface area contributed by atoms with Crippen molar-refractivity contribution in [1.82, 2.24) is 0 Å². The Morgan fingerprint density at radius 1 is 1.50 bits per heavy atom. The molecule has 0 radical (unpaired) electrons. The van der Waals surface area contributed by atoms with Gasteiger partial charge in [-0.3, -0.25) is 4.99 Å². The second-order valence-corrected chi connectivity index (χ2v) is 2.49. The fourth-order valence-corrected chi connectivity index (χ4v) is 0.781. The maximum absolute atomic E-state index is 4.08. The number of rotatable bonds is 5. The van der Waals surface area contributed by atoms with Crippen molar-refractivity contribution in [2.24, 2.45) is 4.99 Å². The Labute approximate surface area is 63.9 Å². The molecule has 0 fully saturated rings. The van der Waals surface area contributed by atoms with E-state index in [1.54, 1.807) is 0 Å². The van der Waals surface area contributed by atoms with Crippen LogP contribution in [-0.2, 0) is 0 Å². The van der Waals surface area contributed by atoms with Gasteiger partial charge in [-0.15, -0.1) is 6.58 Å². The van der Waals surface area contributed by atoms with Crippen LogP contribution in [0.15, 0.2) is 17.6 Å². The molecule has 0 rings (SSSR count). The summed E-state index contributed by atoms with van der Waals surface area (Å²) in [4.78, 5) is 4.08. The van der Waals surface area contributed by atoms with Gasteiger partial charge < -0.3 is 0 Å². The highest BCUT2D eigenvalue weighted by atomic mass is 14.7. The smallest absolute Gasteiger partial charge is 0.0276 e. The summed E-state index contributed by atoms with van der Waals surface area (Å²) in [5.41, 5.74) is 1.25. The van der Waals surface area contributed by atoms with Crippen LogP contribution in [0.1, 0.15) is 32.6 Å². The SMILES string of the molecule is C=CCCCCC(C)=NC. The van der Waals surface area contributed by atoms with Gasteiger partial charge in [-0.2, -0.15) is 0 Å². The summed E-state index contributed by atoms with van der Waals surface area (Å²) in [6.45, 7) is 5.74. The van der Waals surface area contributed by atoms with Gasteiger partial charge in [0.15, 0.2) is 0 Å². The van der Waals surface area contributed by atoms with Gasteiger partial charge in [-0.1, -0.05) is 6.08 Å². The van der Waals surface area contributed by atoms with Gasteiger partial charge in [0.2, 0.25) is 0 Å². The van der Waals surface area contributed by atoms with Gasteiger partial charge in [0.05, 0.1) is 0 Å². The third kappa shape index (κ3) is 5.54. The molecule has 0 aromatic heterocycles. The first kappa shape index (κ1) is 9.41. The predicted molar refractivity (Wildman–Crippen MR) is 47.7 cm³/mol. The minimum absolute atomic E-state index is 1.14. The zero-order chi connectivity index (χ0) is 7.82. The van der Waals surface area contributed by atoms with E-state index in [4.69, 9.17) is 0 Å². The molecule has 0 unspecified atom stereocenters. The maximum atomic E-state index is 4.08. The third-order valence-electron chi connectivity index (χ3n) is 1.58. The van der Waals surface area contributed by atoms with Gasteiger partial charge in [0, 0.05) is 12.8 Å². The molecule has 0 aliphatic rings. The lowest BCUT2D eigenvalue weighted by atomic mass is 10.1. The molecule has 58 valence electrons.